The Balaban J connectivity index is 1.62. The molecule has 2 fully saturated rings. The van der Waals surface area contributed by atoms with Gasteiger partial charge in [0.2, 0.25) is 0 Å². The minimum Gasteiger partial charge on any atom is -0.446 e. The van der Waals surface area contributed by atoms with E-state index >= 15 is 0 Å². The van der Waals surface area contributed by atoms with Crippen LogP contribution in [0.3, 0.4) is 0 Å². The summed E-state index contributed by atoms with van der Waals surface area (Å²) in [7, 11) is 0. The summed E-state index contributed by atoms with van der Waals surface area (Å²) in [4.78, 5) is 11.6. The second kappa shape index (κ2) is 5.55. The van der Waals surface area contributed by atoms with Crippen LogP contribution in [0, 0.1) is 5.92 Å². The van der Waals surface area contributed by atoms with E-state index in [1.165, 1.54) is 32.1 Å². The van der Waals surface area contributed by atoms with Crippen LogP contribution in [0.15, 0.2) is 0 Å². The average molecular weight is 225 g/mol. The van der Waals surface area contributed by atoms with Crippen molar-refractivity contribution in [3.8, 4) is 0 Å². The van der Waals surface area contributed by atoms with Gasteiger partial charge in [-0.3, -0.25) is 0 Å². The Hall–Kier alpha value is -0.730. The van der Waals surface area contributed by atoms with Crippen molar-refractivity contribution in [3.05, 3.63) is 0 Å². The minimum atomic E-state index is -0.208. The van der Waals surface area contributed by atoms with Crippen LogP contribution >= 0.6 is 0 Å². The van der Waals surface area contributed by atoms with Crippen molar-refractivity contribution < 1.29 is 9.53 Å². The Bertz CT molecular complexity index is 232. The van der Waals surface area contributed by atoms with Gasteiger partial charge in [-0.25, -0.2) is 4.79 Å². The van der Waals surface area contributed by atoms with Crippen LogP contribution in [-0.4, -0.2) is 18.2 Å². The summed E-state index contributed by atoms with van der Waals surface area (Å²) in [5.41, 5.74) is 0. The highest BCUT2D eigenvalue weighted by atomic mass is 16.6. The lowest BCUT2D eigenvalue weighted by molar-refractivity contribution is 0.0729. The molecule has 0 radical (unpaired) electrons. The number of amides is 1. The van der Waals surface area contributed by atoms with E-state index in [1.54, 1.807) is 0 Å². The number of hydrogen-bond acceptors (Lipinski definition) is 2. The highest BCUT2D eigenvalue weighted by Gasteiger charge is 2.25. The molecule has 0 spiro atoms. The molecule has 2 rings (SSSR count). The van der Waals surface area contributed by atoms with Gasteiger partial charge in [0.1, 0.15) is 6.10 Å². The molecule has 0 aromatic carbocycles. The molecule has 2 aliphatic rings. The Morgan fingerprint density at radius 2 is 1.94 bits per heavy atom. The number of carbonyl (C=O) groups is 1. The summed E-state index contributed by atoms with van der Waals surface area (Å²) in [5.74, 6) is 0.852. The summed E-state index contributed by atoms with van der Waals surface area (Å²) >= 11 is 0. The fraction of sp³-hybridized carbons (Fsp3) is 0.923. The zero-order valence-electron chi connectivity index (χ0n) is 10.2. The predicted molar refractivity (Wildman–Crippen MR) is 63.3 cm³/mol. The van der Waals surface area contributed by atoms with Crippen LogP contribution in [0.1, 0.15) is 58.3 Å². The lowest BCUT2D eigenvalue weighted by Crippen LogP contribution is -2.36. The van der Waals surface area contributed by atoms with Gasteiger partial charge in [-0.05, 0) is 44.9 Å². The maximum absolute atomic E-state index is 11.6. The Labute approximate surface area is 97.9 Å². The van der Waals surface area contributed by atoms with Gasteiger partial charge in [-0.1, -0.05) is 19.3 Å². The third kappa shape index (κ3) is 4.03. The van der Waals surface area contributed by atoms with Gasteiger partial charge in [0, 0.05) is 6.04 Å². The second-order valence-corrected chi connectivity index (χ2v) is 5.39. The molecule has 0 bridgehead atoms. The maximum atomic E-state index is 11.6. The molecule has 16 heavy (non-hydrogen) atoms. The van der Waals surface area contributed by atoms with E-state index in [0.717, 1.165) is 25.2 Å². The molecule has 1 unspecified atom stereocenters. The third-order valence-electron chi connectivity index (χ3n) is 3.57. The number of alkyl carbamates (subject to hydrolysis) is 1. The molecule has 92 valence electrons. The van der Waals surface area contributed by atoms with Gasteiger partial charge >= 0.3 is 6.09 Å². The lowest BCUT2D eigenvalue weighted by atomic mass is 9.98. The summed E-state index contributed by atoms with van der Waals surface area (Å²) in [5, 5.41) is 2.94. The molecule has 1 atom stereocenters. The molecule has 1 N–H and O–H groups in total. The second-order valence-electron chi connectivity index (χ2n) is 5.39. The summed E-state index contributed by atoms with van der Waals surface area (Å²) in [6, 6.07) is 0.267. The van der Waals surface area contributed by atoms with Crippen LogP contribution in [0.25, 0.3) is 0 Å². The van der Waals surface area contributed by atoms with Gasteiger partial charge in [-0.2, -0.15) is 0 Å². The Kier molecular flexibility index (Phi) is 4.08. The molecule has 0 aromatic heterocycles. The van der Waals surface area contributed by atoms with Crippen LogP contribution in [0.4, 0.5) is 4.79 Å². The molecule has 3 nitrogen and oxygen atoms in total. The molecule has 0 aromatic rings. The van der Waals surface area contributed by atoms with E-state index < -0.39 is 0 Å². The monoisotopic (exact) mass is 225 g/mol. The summed E-state index contributed by atoms with van der Waals surface area (Å²) < 4.78 is 5.41. The summed E-state index contributed by atoms with van der Waals surface area (Å²) in [6.45, 7) is 2.07. The number of carbonyl (C=O) groups excluding carboxylic acids is 1. The first-order chi connectivity index (χ1) is 7.74. The number of rotatable bonds is 4. The molecule has 3 heteroatoms. The SMILES string of the molecule is CC(CC1CC1)NC(=O)OC1CCCCC1. The van der Waals surface area contributed by atoms with E-state index in [1.807, 2.05) is 0 Å². The van der Waals surface area contributed by atoms with Crippen molar-refractivity contribution in [2.45, 2.75) is 70.4 Å². The lowest BCUT2D eigenvalue weighted by Gasteiger charge is -2.23. The van der Waals surface area contributed by atoms with Crippen molar-refractivity contribution in [2.24, 2.45) is 5.92 Å². The smallest absolute Gasteiger partial charge is 0.407 e. The molecule has 0 aliphatic heterocycles. The standard InChI is InChI=1S/C13H23NO2/c1-10(9-11-7-8-11)14-13(15)16-12-5-3-2-4-6-12/h10-12H,2-9H2,1H3,(H,14,15). The van der Waals surface area contributed by atoms with Crippen molar-refractivity contribution >= 4 is 6.09 Å². The number of nitrogens with one attached hydrogen (secondary N) is 1. The molecular weight excluding hydrogens is 202 g/mol. The van der Waals surface area contributed by atoms with E-state index in [4.69, 9.17) is 4.74 Å². The molecular formula is C13H23NO2. The number of hydrogen-bond donors (Lipinski definition) is 1. The van der Waals surface area contributed by atoms with Crippen molar-refractivity contribution in [3.63, 3.8) is 0 Å². The normalized spacial score (nSPS) is 23.8. The van der Waals surface area contributed by atoms with Crippen LogP contribution in [0.5, 0.6) is 0 Å². The summed E-state index contributed by atoms with van der Waals surface area (Å²) in [6.07, 6.45) is 9.54. The maximum Gasteiger partial charge on any atom is 0.407 e. The quantitative estimate of drug-likeness (QED) is 0.797. The van der Waals surface area contributed by atoms with E-state index in [2.05, 4.69) is 12.2 Å². The first kappa shape index (κ1) is 11.7. The fourth-order valence-electron chi connectivity index (χ4n) is 2.48. The zero-order valence-corrected chi connectivity index (χ0v) is 10.2. The van der Waals surface area contributed by atoms with Gasteiger partial charge in [0.05, 0.1) is 0 Å². The Morgan fingerprint density at radius 3 is 2.56 bits per heavy atom. The Morgan fingerprint density at radius 1 is 1.25 bits per heavy atom. The third-order valence-corrected chi connectivity index (χ3v) is 3.57. The predicted octanol–water partition coefficient (Wildman–Crippen LogP) is 3.23. The molecule has 2 saturated carbocycles. The minimum absolute atomic E-state index is 0.168. The van der Waals surface area contributed by atoms with E-state index in [9.17, 15) is 4.79 Å². The first-order valence-corrected chi connectivity index (χ1v) is 6.71. The fourth-order valence-corrected chi connectivity index (χ4v) is 2.48. The molecule has 2 aliphatic carbocycles. The number of ether oxygens (including phenoxy) is 1. The topological polar surface area (TPSA) is 38.3 Å². The van der Waals surface area contributed by atoms with E-state index in [0.29, 0.717) is 0 Å². The van der Waals surface area contributed by atoms with Crippen molar-refractivity contribution in [1.29, 1.82) is 0 Å². The van der Waals surface area contributed by atoms with Crippen molar-refractivity contribution in [2.75, 3.05) is 0 Å². The van der Waals surface area contributed by atoms with Gasteiger partial charge in [-0.15, -0.1) is 0 Å². The molecule has 1 amide bonds. The van der Waals surface area contributed by atoms with Crippen molar-refractivity contribution in [1.82, 2.24) is 5.32 Å². The van der Waals surface area contributed by atoms with E-state index in [-0.39, 0.29) is 18.2 Å². The first-order valence-electron chi connectivity index (χ1n) is 6.71. The van der Waals surface area contributed by atoms with Crippen LogP contribution < -0.4 is 5.32 Å². The molecule has 0 heterocycles. The van der Waals surface area contributed by atoms with Crippen LogP contribution in [-0.2, 0) is 4.74 Å². The highest BCUT2D eigenvalue weighted by Crippen LogP contribution is 2.33. The zero-order chi connectivity index (χ0) is 11.4. The van der Waals surface area contributed by atoms with Crippen LogP contribution in [0.2, 0.25) is 0 Å². The largest absolute Gasteiger partial charge is 0.446 e. The van der Waals surface area contributed by atoms with Gasteiger partial charge in [0.15, 0.2) is 0 Å². The molecule has 0 saturated heterocycles. The highest BCUT2D eigenvalue weighted by molar-refractivity contribution is 5.67. The average Bonchev–Trinajstić information content (AvgIpc) is 3.02. The van der Waals surface area contributed by atoms with Gasteiger partial charge in [0.25, 0.3) is 0 Å². The van der Waals surface area contributed by atoms with Gasteiger partial charge < -0.3 is 10.1 Å².